The van der Waals surface area contributed by atoms with E-state index in [4.69, 9.17) is 5.11 Å². The topological polar surface area (TPSA) is 69.6 Å². The lowest BCUT2D eigenvalue weighted by molar-refractivity contribution is -0.126. The van der Waals surface area contributed by atoms with E-state index in [-0.39, 0.29) is 17.5 Å². The van der Waals surface area contributed by atoms with Gasteiger partial charge in [-0.1, -0.05) is 36.4 Å². The van der Waals surface area contributed by atoms with Crippen LogP contribution in [0.3, 0.4) is 0 Å². The summed E-state index contributed by atoms with van der Waals surface area (Å²) in [5, 5.41) is 11.7. The van der Waals surface area contributed by atoms with Crippen LogP contribution in [0, 0.1) is 0 Å². The normalized spacial score (nSPS) is 17.1. The minimum absolute atomic E-state index is 0.00617. The molecule has 2 N–H and O–H groups in total. The Bertz CT molecular complexity index is 755. The van der Waals surface area contributed by atoms with Crippen LogP contribution in [0.4, 0.5) is 0 Å². The fourth-order valence-electron chi connectivity index (χ4n) is 3.16. The molecule has 0 saturated carbocycles. The van der Waals surface area contributed by atoms with Crippen LogP contribution in [0.15, 0.2) is 48.5 Å². The Morgan fingerprint density at radius 1 is 1.12 bits per heavy atom. The van der Waals surface area contributed by atoms with Crippen molar-refractivity contribution in [2.75, 3.05) is 7.05 Å². The molecule has 24 heavy (non-hydrogen) atoms. The predicted molar refractivity (Wildman–Crippen MR) is 90.6 cm³/mol. The van der Waals surface area contributed by atoms with Crippen molar-refractivity contribution in [2.45, 2.75) is 25.6 Å². The highest BCUT2D eigenvalue weighted by Gasteiger charge is 2.30. The monoisotopic (exact) mass is 324 g/mol. The van der Waals surface area contributed by atoms with Crippen molar-refractivity contribution in [2.24, 2.45) is 0 Å². The van der Waals surface area contributed by atoms with Crippen molar-refractivity contribution in [3.63, 3.8) is 0 Å². The van der Waals surface area contributed by atoms with E-state index in [1.54, 1.807) is 19.2 Å². The maximum Gasteiger partial charge on any atom is 0.335 e. The second-order valence-electron chi connectivity index (χ2n) is 6.01. The first-order chi connectivity index (χ1) is 11.6. The molecule has 1 atom stereocenters. The van der Waals surface area contributed by atoms with Gasteiger partial charge in [-0.2, -0.15) is 0 Å². The molecule has 1 aliphatic rings. The predicted octanol–water partition coefficient (Wildman–Crippen LogP) is 2.06. The van der Waals surface area contributed by atoms with Gasteiger partial charge in [-0.25, -0.2) is 4.79 Å². The molecule has 3 rings (SSSR count). The number of aromatic carboxylic acids is 1. The number of nitrogens with one attached hydrogen (secondary N) is 1. The van der Waals surface area contributed by atoms with E-state index in [2.05, 4.69) is 22.3 Å². The van der Waals surface area contributed by atoms with E-state index in [0.29, 0.717) is 19.5 Å². The number of carboxylic acids is 1. The molecule has 0 saturated heterocycles. The molecule has 0 fully saturated rings. The van der Waals surface area contributed by atoms with Crippen molar-refractivity contribution in [3.8, 4) is 0 Å². The van der Waals surface area contributed by atoms with E-state index < -0.39 is 5.97 Å². The summed E-state index contributed by atoms with van der Waals surface area (Å²) in [7, 11) is 1.66. The van der Waals surface area contributed by atoms with Gasteiger partial charge in [-0.15, -0.1) is 0 Å². The summed E-state index contributed by atoms with van der Waals surface area (Å²) in [6.45, 7) is 1.31. The van der Waals surface area contributed by atoms with Gasteiger partial charge in [0, 0.05) is 20.1 Å². The van der Waals surface area contributed by atoms with Crippen LogP contribution in [0.2, 0.25) is 0 Å². The van der Waals surface area contributed by atoms with Gasteiger partial charge in [0.15, 0.2) is 0 Å². The van der Waals surface area contributed by atoms with Gasteiger partial charge in [0.2, 0.25) is 5.91 Å². The number of hydrogen-bond donors (Lipinski definition) is 2. The van der Waals surface area contributed by atoms with Crippen molar-refractivity contribution in [1.82, 2.24) is 10.2 Å². The summed E-state index contributed by atoms with van der Waals surface area (Å²) < 4.78 is 0. The minimum atomic E-state index is -0.934. The van der Waals surface area contributed by atoms with Gasteiger partial charge in [0.25, 0.3) is 0 Å². The molecule has 0 spiro atoms. The molecule has 0 aromatic heterocycles. The first kappa shape index (κ1) is 16.2. The van der Waals surface area contributed by atoms with Gasteiger partial charge in [-0.05, 0) is 35.2 Å². The summed E-state index contributed by atoms with van der Waals surface area (Å²) >= 11 is 0. The number of nitrogens with zero attached hydrogens (tertiary/aromatic N) is 1. The number of rotatable bonds is 4. The Morgan fingerprint density at radius 2 is 1.79 bits per heavy atom. The average molecular weight is 324 g/mol. The Labute approximate surface area is 140 Å². The van der Waals surface area contributed by atoms with E-state index in [1.165, 1.54) is 11.1 Å². The molecule has 5 heteroatoms. The zero-order chi connectivity index (χ0) is 17.1. The third kappa shape index (κ3) is 3.31. The van der Waals surface area contributed by atoms with Gasteiger partial charge >= 0.3 is 5.97 Å². The summed E-state index contributed by atoms with van der Waals surface area (Å²) in [5.41, 5.74) is 3.71. The van der Waals surface area contributed by atoms with Crippen molar-refractivity contribution in [1.29, 1.82) is 0 Å². The third-order valence-electron chi connectivity index (χ3n) is 4.48. The molecule has 2 aromatic carbocycles. The highest BCUT2D eigenvalue weighted by Crippen LogP contribution is 2.25. The van der Waals surface area contributed by atoms with Gasteiger partial charge < -0.3 is 10.4 Å². The van der Waals surface area contributed by atoms with E-state index in [9.17, 15) is 9.59 Å². The molecular weight excluding hydrogens is 304 g/mol. The molecule has 0 aliphatic carbocycles. The van der Waals surface area contributed by atoms with Crippen LogP contribution < -0.4 is 5.32 Å². The highest BCUT2D eigenvalue weighted by molar-refractivity contribution is 5.87. The maximum atomic E-state index is 12.3. The molecule has 5 nitrogen and oxygen atoms in total. The van der Waals surface area contributed by atoms with E-state index >= 15 is 0 Å². The molecule has 1 aliphatic heterocycles. The molecule has 1 unspecified atom stereocenters. The zero-order valence-corrected chi connectivity index (χ0v) is 13.5. The van der Waals surface area contributed by atoms with Crippen LogP contribution >= 0.6 is 0 Å². The second-order valence-corrected chi connectivity index (χ2v) is 6.01. The molecular formula is C19H20N2O3. The lowest BCUT2D eigenvalue weighted by atomic mass is 9.93. The standard InChI is InChI=1S/C19H20N2O3/c1-20-18(22)17-10-15-4-2-3-5-16(15)12-21(17)11-13-6-8-14(9-7-13)19(23)24/h2-9,17H,10-12H2,1H3,(H,20,22)(H,23,24). The largest absolute Gasteiger partial charge is 0.478 e. The Kier molecular flexibility index (Phi) is 4.62. The summed E-state index contributed by atoms with van der Waals surface area (Å²) in [6, 6.07) is 14.8. The number of hydrogen-bond acceptors (Lipinski definition) is 3. The summed E-state index contributed by atoms with van der Waals surface area (Å²) in [5.74, 6) is -0.927. The first-order valence-electron chi connectivity index (χ1n) is 7.93. The molecule has 2 aromatic rings. The molecule has 124 valence electrons. The molecule has 0 bridgehead atoms. The van der Waals surface area contributed by atoms with Gasteiger partial charge in [0.1, 0.15) is 0 Å². The van der Waals surface area contributed by atoms with Crippen LogP contribution in [-0.2, 0) is 24.3 Å². The number of likely N-dealkylation sites (N-methyl/N-ethyl adjacent to an activating group) is 1. The van der Waals surface area contributed by atoms with Gasteiger partial charge in [0.05, 0.1) is 11.6 Å². The van der Waals surface area contributed by atoms with Gasteiger partial charge in [-0.3, -0.25) is 9.69 Å². The quantitative estimate of drug-likeness (QED) is 0.903. The van der Waals surface area contributed by atoms with Crippen molar-refractivity contribution < 1.29 is 14.7 Å². The summed E-state index contributed by atoms with van der Waals surface area (Å²) in [6.07, 6.45) is 0.684. The minimum Gasteiger partial charge on any atom is -0.478 e. The highest BCUT2D eigenvalue weighted by atomic mass is 16.4. The van der Waals surface area contributed by atoms with Crippen LogP contribution in [0.5, 0.6) is 0 Å². The fraction of sp³-hybridized carbons (Fsp3) is 0.263. The smallest absolute Gasteiger partial charge is 0.335 e. The number of fused-ring (bicyclic) bond motifs is 1. The average Bonchev–Trinajstić information content (AvgIpc) is 2.61. The molecule has 1 amide bonds. The SMILES string of the molecule is CNC(=O)C1Cc2ccccc2CN1Cc1ccc(C(=O)O)cc1. The first-order valence-corrected chi connectivity index (χ1v) is 7.93. The van der Waals surface area contributed by atoms with Crippen molar-refractivity contribution in [3.05, 3.63) is 70.8 Å². The number of carbonyl (C=O) groups excluding carboxylic acids is 1. The van der Waals surface area contributed by atoms with E-state index in [0.717, 1.165) is 5.56 Å². The number of benzene rings is 2. The molecule has 1 heterocycles. The Balaban J connectivity index is 1.83. The number of carboxylic acid groups (broad SMARTS) is 1. The summed E-state index contributed by atoms with van der Waals surface area (Å²) in [4.78, 5) is 25.4. The Hall–Kier alpha value is -2.66. The van der Waals surface area contributed by atoms with Crippen molar-refractivity contribution >= 4 is 11.9 Å². The number of amides is 1. The molecule has 0 radical (unpaired) electrons. The van der Waals surface area contributed by atoms with Crippen LogP contribution in [0.1, 0.15) is 27.0 Å². The number of carbonyl (C=O) groups is 2. The lowest BCUT2D eigenvalue weighted by Gasteiger charge is -2.35. The van der Waals surface area contributed by atoms with E-state index in [1.807, 2.05) is 24.3 Å². The lowest BCUT2D eigenvalue weighted by Crippen LogP contribution is -2.49. The zero-order valence-electron chi connectivity index (χ0n) is 13.5. The fourth-order valence-corrected chi connectivity index (χ4v) is 3.16. The maximum absolute atomic E-state index is 12.3. The van der Waals surface area contributed by atoms with Crippen LogP contribution in [0.25, 0.3) is 0 Å². The second kappa shape index (κ2) is 6.84. The van der Waals surface area contributed by atoms with Crippen LogP contribution in [-0.4, -0.2) is 35.0 Å². The Morgan fingerprint density at radius 3 is 2.42 bits per heavy atom. The third-order valence-corrected chi connectivity index (χ3v) is 4.48.